The number of hydrogen-bond acceptors (Lipinski definition) is 7. The number of hydrogen-bond donors (Lipinski definition) is 3. The molecule has 0 unspecified atom stereocenters. The van der Waals surface area contributed by atoms with Gasteiger partial charge in [0.25, 0.3) is 5.91 Å². The first kappa shape index (κ1) is 23.1. The van der Waals surface area contributed by atoms with Gasteiger partial charge in [-0.1, -0.05) is 12.1 Å². The van der Waals surface area contributed by atoms with E-state index in [1.54, 1.807) is 35.3 Å². The molecule has 0 spiro atoms. The monoisotopic (exact) mass is 497 g/mol. The van der Waals surface area contributed by atoms with Crippen LogP contribution in [0.25, 0.3) is 44.3 Å². The number of methoxy groups -OCH3 is 1. The number of aryl methyl sites for hydroxylation is 1. The van der Waals surface area contributed by atoms with Gasteiger partial charge < -0.3 is 25.5 Å². The number of nitrogens with two attached hydrogens (primary N) is 1. The normalized spacial score (nSPS) is 18.0. The Hall–Kier alpha value is -4.28. The Morgan fingerprint density at radius 1 is 1.16 bits per heavy atom. The third-order valence-electron chi connectivity index (χ3n) is 7.02. The van der Waals surface area contributed by atoms with Crippen LogP contribution in [0, 0.1) is 0 Å². The van der Waals surface area contributed by atoms with Gasteiger partial charge in [-0.05, 0) is 30.2 Å². The lowest BCUT2D eigenvalue weighted by Gasteiger charge is -2.34. The number of piperidine rings is 1. The predicted octanol–water partition coefficient (Wildman–Crippen LogP) is 2.72. The minimum Gasteiger partial charge on any atom is -0.494 e. The number of rotatable bonds is 4. The van der Waals surface area contributed by atoms with Crippen molar-refractivity contribution in [2.24, 2.45) is 12.8 Å². The van der Waals surface area contributed by atoms with Crippen LogP contribution in [0.15, 0.2) is 55.1 Å². The summed E-state index contributed by atoms with van der Waals surface area (Å²) in [4.78, 5) is 27.3. The van der Waals surface area contributed by atoms with Gasteiger partial charge in [-0.2, -0.15) is 5.10 Å². The lowest BCUT2D eigenvalue weighted by Crippen LogP contribution is -2.53. The topological polar surface area (TPSA) is 135 Å². The Balaban J connectivity index is 1.43. The highest BCUT2D eigenvalue weighted by molar-refractivity contribution is 6.14. The minimum absolute atomic E-state index is 0.0972. The SMILES string of the molecule is COc1cnc2[nH]c3cnc(-c4cnn(C)c4)cc3c2c1-c1ccc(C(=O)N2CC[C@@H](O)[C@H](N)C2)cc1. The summed E-state index contributed by atoms with van der Waals surface area (Å²) in [6.45, 7) is 0.820. The number of H-pyrrole nitrogens is 1. The quantitative estimate of drug-likeness (QED) is 0.347. The van der Waals surface area contributed by atoms with Crippen LogP contribution in [-0.2, 0) is 7.05 Å². The van der Waals surface area contributed by atoms with Crippen LogP contribution in [0.4, 0.5) is 0 Å². The Kier molecular flexibility index (Phi) is 5.62. The van der Waals surface area contributed by atoms with Crippen LogP contribution < -0.4 is 10.5 Å². The van der Waals surface area contributed by atoms with Gasteiger partial charge in [0.15, 0.2) is 0 Å². The van der Waals surface area contributed by atoms with Gasteiger partial charge in [-0.15, -0.1) is 0 Å². The molecule has 0 aliphatic carbocycles. The Bertz CT molecular complexity index is 1620. The van der Waals surface area contributed by atoms with E-state index in [-0.39, 0.29) is 5.91 Å². The fourth-order valence-electron chi connectivity index (χ4n) is 5.01. The molecule has 1 fully saturated rings. The maximum atomic E-state index is 13.1. The van der Waals surface area contributed by atoms with Crippen molar-refractivity contribution in [3.05, 3.63) is 60.7 Å². The molecule has 37 heavy (non-hydrogen) atoms. The van der Waals surface area contributed by atoms with Gasteiger partial charge >= 0.3 is 0 Å². The van der Waals surface area contributed by atoms with E-state index in [1.165, 1.54) is 0 Å². The van der Waals surface area contributed by atoms with Crippen molar-refractivity contribution < 1.29 is 14.6 Å². The lowest BCUT2D eigenvalue weighted by atomic mass is 9.98. The zero-order valence-corrected chi connectivity index (χ0v) is 20.5. The summed E-state index contributed by atoms with van der Waals surface area (Å²) in [5.74, 6) is 0.531. The van der Waals surface area contributed by atoms with E-state index < -0.39 is 12.1 Å². The maximum Gasteiger partial charge on any atom is 0.253 e. The Labute approximate surface area is 212 Å². The molecule has 1 aliphatic heterocycles. The maximum absolute atomic E-state index is 13.1. The molecular weight excluding hydrogens is 470 g/mol. The first-order valence-electron chi connectivity index (χ1n) is 12.1. The van der Waals surface area contributed by atoms with Crippen LogP contribution in [0.5, 0.6) is 5.75 Å². The molecule has 0 bridgehead atoms. The summed E-state index contributed by atoms with van der Waals surface area (Å²) in [6, 6.07) is 9.08. The second-order valence-electron chi connectivity index (χ2n) is 9.42. The number of aromatic amines is 1. The number of nitrogens with zero attached hydrogens (tertiary/aromatic N) is 5. The molecule has 10 nitrogen and oxygen atoms in total. The average molecular weight is 498 g/mol. The molecule has 6 rings (SSSR count). The molecule has 1 aliphatic rings. The second kappa shape index (κ2) is 8.99. The zero-order chi connectivity index (χ0) is 25.7. The summed E-state index contributed by atoms with van der Waals surface area (Å²) < 4.78 is 7.47. The average Bonchev–Trinajstić information content (AvgIpc) is 3.52. The van der Waals surface area contributed by atoms with E-state index in [1.807, 2.05) is 43.6 Å². The molecule has 1 amide bonds. The first-order valence-corrected chi connectivity index (χ1v) is 12.1. The standard InChI is InChI=1S/C27H27N7O3/c1-33-13-17(10-31-33)20-9-18-21(11-29-20)32-26-25(18)24(23(37-2)12-30-26)15-3-5-16(6-4-15)27(36)34-8-7-22(35)19(28)14-34/h3-6,9-13,19,22,35H,7-8,14,28H2,1-2H3,(H,30,32)/t19-,22-/m1/s1. The Morgan fingerprint density at radius 3 is 2.68 bits per heavy atom. The van der Waals surface area contributed by atoms with Crippen LogP contribution >= 0.6 is 0 Å². The molecule has 0 radical (unpaired) electrons. The van der Waals surface area contributed by atoms with Gasteiger partial charge in [-0.3, -0.25) is 14.5 Å². The van der Waals surface area contributed by atoms with Crippen molar-refractivity contribution in [1.82, 2.24) is 29.6 Å². The molecule has 5 aromatic rings. The molecule has 0 saturated carbocycles. The van der Waals surface area contributed by atoms with Crippen molar-refractivity contribution in [3.63, 3.8) is 0 Å². The molecule has 10 heteroatoms. The van der Waals surface area contributed by atoms with E-state index in [0.717, 1.165) is 44.3 Å². The summed E-state index contributed by atoms with van der Waals surface area (Å²) >= 11 is 0. The van der Waals surface area contributed by atoms with E-state index >= 15 is 0 Å². The zero-order valence-electron chi connectivity index (χ0n) is 20.5. The number of likely N-dealkylation sites (tertiary alicyclic amines) is 1. The third-order valence-corrected chi connectivity index (χ3v) is 7.02. The smallest absolute Gasteiger partial charge is 0.253 e. The number of amides is 1. The number of aliphatic hydroxyl groups is 1. The van der Waals surface area contributed by atoms with Crippen LogP contribution in [0.3, 0.4) is 0 Å². The van der Waals surface area contributed by atoms with Crippen molar-refractivity contribution in [3.8, 4) is 28.1 Å². The fraction of sp³-hybridized carbons (Fsp3) is 0.259. The number of ether oxygens (including phenoxy) is 1. The number of aromatic nitrogens is 5. The predicted molar refractivity (Wildman–Crippen MR) is 140 cm³/mol. The molecule has 2 atom stereocenters. The number of fused-ring (bicyclic) bond motifs is 3. The Morgan fingerprint density at radius 2 is 1.97 bits per heavy atom. The molecule has 5 heterocycles. The van der Waals surface area contributed by atoms with E-state index in [9.17, 15) is 9.90 Å². The summed E-state index contributed by atoms with van der Waals surface area (Å²) in [7, 11) is 3.49. The van der Waals surface area contributed by atoms with Gasteiger partial charge in [0.2, 0.25) is 0 Å². The van der Waals surface area contributed by atoms with Crippen LogP contribution in [0.2, 0.25) is 0 Å². The van der Waals surface area contributed by atoms with E-state index in [4.69, 9.17) is 10.5 Å². The van der Waals surface area contributed by atoms with Crippen LogP contribution in [-0.4, -0.2) is 73.0 Å². The van der Waals surface area contributed by atoms with Crippen LogP contribution in [0.1, 0.15) is 16.8 Å². The highest BCUT2D eigenvalue weighted by Gasteiger charge is 2.28. The highest BCUT2D eigenvalue weighted by atomic mass is 16.5. The number of carbonyl (C=O) groups excluding carboxylic acids is 1. The molecule has 4 N–H and O–H groups in total. The summed E-state index contributed by atoms with van der Waals surface area (Å²) in [5.41, 5.74) is 11.6. The molecule has 188 valence electrons. The first-order chi connectivity index (χ1) is 17.9. The molecule has 4 aromatic heterocycles. The van der Waals surface area contributed by atoms with Crippen molar-refractivity contribution in [2.45, 2.75) is 18.6 Å². The number of carbonyl (C=O) groups is 1. The van der Waals surface area contributed by atoms with Crippen molar-refractivity contribution in [1.29, 1.82) is 0 Å². The van der Waals surface area contributed by atoms with Crippen molar-refractivity contribution in [2.75, 3.05) is 20.2 Å². The minimum atomic E-state index is -0.571. The number of aliphatic hydroxyl groups excluding tert-OH is 1. The number of nitrogens with one attached hydrogen (secondary N) is 1. The largest absolute Gasteiger partial charge is 0.494 e. The highest BCUT2D eigenvalue weighted by Crippen LogP contribution is 2.40. The molecule has 1 saturated heterocycles. The molecule has 1 aromatic carbocycles. The second-order valence-corrected chi connectivity index (χ2v) is 9.42. The molecular formula is C27H27N7O3. The summed E-state index contributed by atoms with van der Waals surface area (Å²) in [5, 5.41) is 16.0. The van der Waals surface area contributed by atoms with Gasteiger partial charge in [-0.25, -0.2) is 4.98 Å². The van der Waals surface area contributed by atoms with Crippen molar-refractivity contribution >= 4 is 27.8 Å². The number of pyridine rings is 2. The third kappa shape index (κ3) is 4.00. The fourth-order valence-corrected chi connectivity index (χ4v) is 5.01. The van der Waals surface area contributed by atoms with E-state index in [2.05, 4.69) is 20.1 Å². The summed E-state index contributed by atoms with van der Waals surface area (Å²) in [6.07, 6.45) is 7.12. The van der Waals surface area contributed by atoms with E-state index in [0.29, 0.717) is 30.8 Å². The van der Waals surface area contributed by atoms with Gasteiger partial charge in [0, 0.05) is 59.8 Å². The van der Waals surface area contributed by atoms with Gasteiger partial charge in [0.05, 0.1) is 43.0 Å². The number of benzene rings is 1. The lowest BCUT2D eigenvalue weighted by molar-refractivity contribution is 0.0459. The van der Waals surface area contributed by atoms with Gasteiger partial charge in [0.1, 0.15) is 11.4 Å².